The summed E-state index contributed by atoms with van der Waals surface area (Å²) in [6.07, 6.45) is 2.52. The lowest BCUT2D eigenvalue weighted by Gasteiger charge is -2.10. The van der Waals surface area contributed by atoms with Crippen molar-refractivity contribution in [2.45, 2.75) is 13.2 Å². The summed E-state index contributed by atoms with van der Waals surface area (Å²) in [5.41, 5.74) is 0.899. The van der Waals surface area contributed by atoms with Crippen molar-refractivity contribution >= 4 is 17.7 Å². The predicted molar refractivity (Wildman–Crippen MR) is 105 cm³/mol. The van der Waals surface area contributed by atoms with Gasteiger partial charge in [0.15, 0.2) is 18.1 Å². The molecule has 0 aliphatic heterocycles. The van der Waals surface area contributed by atoms with Gasteiger partial charge in [0.25, 0.3) is 11.6 Å². The van der Waals surface area contributed by atoms with Gasteiger partial charge in [-0.2, -0.15) is 13.8 Å². The number of esters is 1. The van der Waals surface area contributed by atoms with Crippen molar-refractivity contribution in [2.75, 3.05) is 7.11 Å². The molecule has 0 N–H and O–H groups in total. The van der Waals surface area contributed by atoms with Crippen LogP contribution in [-0.2, 0) is 16.1 Å². The number of non-ortho nitro benzene ring substituents is 1. The van der Waals surface area contributed by atoms with E-state index in [4.69, 9.17) is 14.0 Å². The first-order valence-corrected chi connectivity index (χ1v) is 8.91. The smallest absolute Gasteiger partial charge is 0.387 e. The summed E-state index contributed by atoms with van der Waals surface area (Å²) in [7, 11) is 1.30. The van der Waals surface area contributed by atoms with E-state index >= 15 is 0 Å². The van der Waals surface area contributed by atoms with E-state index in [0.717, 1.165) is 6.08 Å². The maximum Gasteiger partial charge on any atom is 0.387 e. The second-order valence-corrected chi connectivity index (χ2v) is 6.05. The Morgan fingerprint density at radius 1 is 1.22 bits per heavy atom. The van der Waals surface area contributed by atoms with E-state index in [1.807, 2.05) is 0 Å². The Labute approximate surface area is 179 Å². The van der Waals surface area contributed by atoms with Gasteiger partial charge in [-0.1, -0.05) is 11.2 Å². The van der Waals surface area contributed by atoms with Crippen molar-refractivity contribution in [2.24, 2.45) is 0 Å². The van der Waals surface area contributed by atoms with Gasteiger partial charge in [0.2, 0.25) is 5.82 Å². The normalized spacial score (nSPS) is 11.0. The largest absolute Gasteiger partial charge is 0.493 e. The number of aromatic nitrogens is 2. The summed E-state index contributed by atoms with van der Waals surface area (Å²) in [4.78, 5) is 26.1. The molecule has 166 valence electrons. The average Bonchev–Trinajstić information content (AvgIpc) is 3.25. The molecule has 0 fully saturated rings. The number of benzene rings is 2. The van der Waals surface area contributed by atoms with Crippen LogP contribution in [0, 0.1) is 10.1 Å². The van der Waals surface area contributed by atoms with Gasteiger partial charge >= 0.3 is 12.6 Å². The number of nitro benzene ring substituents is 1. The van der Waals surface area contributed by atoms with E-state index in [1.54, 1.807) is 0 Å². The number of nitro groups is 1. The van der Waals surface area contributed by atoms with Crippen LogP contribution in [-0.4, -0.2) is 34.8 Å². The van der Waals surface area contributed by atoms with E-state index in [1.165, 1.54) is 55.7 Å². The summed E-state index contributed by atoms with van der Waals surface area (Å²) >= 11 is 0. The molecule has 12 heteroatoms. The molecular formula is C20H15F2N3O7. The zero-order valence-corrected chi connectivity index (χ0v) is 16.4. The van der Waals surface area contributed by atoms with E-state index in [0.29, 0.717) is 11.1 Å². The van der Waals surface area contributed by atoms with E-state index in [9.17, 15) is 23.7 Å². The number of carbonyl (C=O) groups excluding carboxylic acids is 1. The molecule has 0 aliphatic rings. The molecule has 3 rings (SSSR count). The molecule has 0 saturated carbocycles. The van der Waals surface area contributed by atoms with Crippen LogP contribution in [0.25, 0.3) is 17.5 Å². The fraction of sp³-hybridized carbons (Fsp3) is 0.150. The molecule has 0 spiro atoms. The minimum absolute atomic E-state index is 0.0234. The molecule has 0 atom stereocenters. The molecule has 0 radical (unpaired) electrons. The minimum Gasteiger partial charge on any atom is -0.493 e. The number of rotatable bonds is 9. The zero-order valence-electron chi connectivity index (χ0n) is 16.4. The van der Waals surface area contributed by atoms with Gasteiger partial charge in [-0.25, -0.2) is 4.79 Å². The lowest BCUT2D eigenvalue weighted by Crippen LogP contribution is -2.03. The Bertz CT molecular complexity index is 1130. The Hall–Kier alpha value is -4.35. The van der Waals surface area contributed by atoms with E-state index in [-0.39, 0.29) is 35.5 Å². The highest BCUT2D eigenvalue weighted by molar-refractivity contribution is 5.87. The molecule has 0 saturated heterocycles. The maximum atomic E-state index is 12.4. The van der Waals surface area contributed by atoms with Gasteiger partial charge < -0.3 is 18.7 Å². The third-order valence-electron chi connectivity index (χ3n) is 3.96. The van der Waals surface area contributed by atoms with Crippen molar-refractivity contribution in [1.82, 2.24) is 10.1 Å². The lowest BCUT2D eigenvalue weighted by molar-refractivity contribution is -0.384. The van der Waals surface area contributed by atoms with E-state index < -0.39 is 17.5 Å². The fourth-order valence-electron chi connectivity index (χ4n) is 2.49. The summed E-state index contributed by atoms with van der Waals surface area (Å²) < 4.78 is 44.1. The highest BCUT2D eigenvalue weighted by atomic mass is 19.3. The standard InChI is InChI=1S/C20H15F2N3O7/c1-29-16-10-12(2-8-15(16)31-20(21)22)3-9-18(26)30-11-17-23-19(24-32-17)13-4-6-14(7-5-13)25(27)28/h2-10,20H,11H2,1H3. The lowest BCUT2D eigenvalue weighted by atomic mass is 10.2. The number of ether oxygens (including phenoxy) is 3. The quantitative estimate of drug-likeness (QED) is 0.207. The second kappa shape index (κ2) is 10.1. The number of hydrogen-bond acceptors (Lipinski definition) is 9. The van der Waals surface area contributed by atoms with Crippen LogP contribution in [0.5, 0.6) is 11.5 Å². The van der Waals surface area contributed by atoms with Gasteiger partial charge in [0.05, 0.1) is 12.0 Å². The number of alkyl halides is 2. The topological polar surface area (TPSA) is 127 Å². The Balaban J connectivity index is 1.57. The molecule has 0 amide bonds. The molecule has 0 bridgehead atoms. The summed E-state index contributed by atoms with van der Waals surface area (Å²) in [5, 5.41) is 14.4. The van der Waals surface area contributed by atoms with Gasteiger partial charge in [-0.05, 0) is 35.9 Å². The van der Waals surface area contributed by atoms with Crippen molar-refractivity contribution in [3.8, 4) is 22.9 Å². The monoisotopic (exact) mass is 447 g/mol. The first-order valence-electron chi connectivity index (χ1n) is 8.91. The Morgan fingerprint density at radius 3 is 2.62 bits per heavy atom. The number of methoxy groups -OCH3 is 1. The SMILES string of the molecule is COc1cc(C=CC(=O)OCc2nc(-c3ccc([N+](=O)[O-])cc3)no2)ccc1OC(F)F. The van der Waals surface area contributed by atoms with Crippen LogP contribution >= 0.6 is 0 Å². The molecule has 3 aromatic rings. The summed E-state index contributed by atoms with van der Waals surface area (Å²) in [6, 6.07) is 9.69. The molecule has 1 heterocycles. The van der Waals surface area contributed by atoms with Crippen LogP contribution < -0.4 is 9.47 Å². The van der Waals surface area contributed by atoms with Crippen LogP contribution in [0.4, 0.5) is 14.5 Å². The molecule has 0 unspecified atom stereocenters. The minimum atomic E-state index is -2.99. The van der Waals surface area contributed by atoms with Gasteiger partial charge in [0.1, 0.15) is 0 Å². The number of nitrogens with zero attached hydrogens (tertiary/aromatic N) is 3. The molecule has 0 aliphatic carbocycles. The second-order valence-electron chi connectivity index (χ2n) is 6.05. The van der Waals surface area contributed by atoms with Crippen molar-refractivity contribution in [1.29, 1.82) is 0 Å². The van der Waals surface area contributed by atoms with Crippen LogP contribution in [0.3, 0.4) is 0 Å². The number of halogens is 2. The van der Waals surface area contributed by atoms with Crippen LogP contribution in [0.1, 0.15) is 11.5 Å². The van der Waals surface area contributed by atoms with Gasteiger partial charge in [-0.15, -0.1) is 0 Å². The Morgan fingerprint density at radius 2 is 1.97 bits per heavy atom. The maximum absolute atomic E-state index is 12.4. The first kappa shape index (κ1) is 22.3. The molecule has 2 aromatic carbocycles. The molecular weight excluding hydrogens is 432 g/mol. The van der Waals surface area contributed by atoms with E-state index in [2.05, 4.69) is 14.9 Å². The van der Waals surface area contributed by atoms with Crippen LogP contribution in [0.15, 0.2) is 53.1 Å². The van der Waals surface area contributed by atoms with Crippen molar-refractivity contribution in [3.63, 3.8) is 0 Å². The highest BCUT2D eigenvalue weighted by Crippen LogP contribution is 2.29. The fourth-order valence-corrected chi connectivity index (χ4v) is 2.49. The first-order chi connectivity index (χ1) is 15.4. The summed E-state index contributed by atoms with van der Waals surface area (Å²) in [6.45, 7) is -3.29. The summed E-state index contributed by atoms with van der Waals surface area (Å²) in [5.74, 6) is -0.574. The highest BCUT2D eigenvalue weighted by Gasteiger charge is 2.13. The third kappa shape index (κ3) is 5.84. The molecule has 32 heavy (non-hydrogen) atoms. The molecule has 1 aromatic heterocycles. The average molecular weight is 447 g/mol. The van der Waals surface area contributed by atoms with Crippen LogP contribution in [0.2, 0.25) is 0 Å². The van der Waals surface area contributed by atoms with Gasteiger partial charge in [-0.3, -0.25) is 10.1 Å². The number of hydrogen-bond donors (Lipinski definition) is 0. The Kier molecular flexibility index (Phi) is 7.06. The van der Waals surface area contributed by atoms with Gasteiger partial charge in [0, 0.05) is 23.8 Å². The number of carbonyl (C=O) groups is 1. The zero-order chi connectivity index (χ0) is 23.1. The van der Waals surface area contributed by atoms with Crippen molar-refractivity contribution < 1.29 is 37.2 Å². The van der Waals surface area contributed by atoms with Crippen molar-refractivity contribution in [3.05, 3.63) is 70.1 Å². The predicted octanol–water partition coefficient (Wildman–Crippen LogP) is 4.01. The molecule has 10 nitrogen and oxygen atoms in total. The third-order valence-corrected chi connectivity index (χ3v) is 3.96.